The van der Waals surface area contributed by atoms with Crippen LogP contribution in [-0.4, -0.2) is 42.0 Å². The van der Waals surface area contributed by atoms with E-state index in [-0.39, 0.29) is 18.9 Å². The van der Waals surface area contributed by atoms with E-state index >= 15 is 0 Å². The second-order valence-electron chi connectivity index (χ2n) is 6.55. The number of ether oxygens (including phenoxy) is 1. The number of alkyl carbamates (subject to hydrolysis) is 1. The number of aromatic nitrogens is 3. The van der Waals surface area contributed by atoms with Crippen molar-refractivity contribution >= 4 is 16.1 Å². The Hall–Kier alpha value is -3.24. The SMILES string of the molecule is Cc1nc([C@@H](NS(=O)(=O)CCNC(=O)OCc2ccccc2)c2ccccc2)n[nH]1. The topological polar surface area (TPSA) is 126 Å². The molecule has 0 bridgehead atoms. The summed E-state index contributed by atoms with van der Waals surface area (Å²) >= 11 is 0. The Morgan fingerprint density at radius 2 is 1.77 bits per heavy atom. The highest BCUT2D eigenvalue weighted by molar-refractivity contribution is 7.89. The van der Waals surface area contributed by atoms with Gasteiger partial charge in [0.05, 0.1) is 5.75 Å². The number of carbonyl (C=O) groups is 1. The van der Waals surface area contributed by atoms with Crippen LogP contribution in [0.15, 0.2) is 60.7 Å². The Morgan fingerprint density at radius 1 is 1.10 bits per heavy atom. The number of sulfonamides is 1. The van der Waals surface area contributed by atoms with Crippen molar-refractivity contribution in [3.63, 3.8) is 0 Å². The Bertz CT molecular complexity index is 1060. The van der Waals surface area contributed by atoms with Crippen molar-refractivity contribution in [2.45, 2.75) is 19.6 Å². The molecule has 0 fully saturated rings. The number of hydrogen-bond donors (Lipinski definition) is 3. The number of carbonyl (C=O) groups excluding carboxylic acids is 1. The Morgan fingerprint density at radius 3 is 2.40 bits per heavy atom. The fourth-order valence-corrected chi connectivity index (χ4v) is 3.79. The molecular weight excluding hydrogens is 406 g/mol. The summed E-state index contributed by atoms with van der Waals surface area (Å²) in [7, 11) is -3.74. The van der Waals surface area contributed by atoms with Gasteiger partial charge >= 0.3 is 6.09 Å². The van der Waals surface area contributed by atoms with E-state index < -0.39 is 22.2 Å². The summed E-state index contributed by atoms with van der Waals surface area (Å²) in [5, 5.41) is 9.25. The summed E-state index contributed by atoms with van der Waals surface area (Å²) in [6.45, 7) is 1.74. The van der Waals surface area contributed by atoms with Crippen LogP contribution in [-0.2, 0) is 21.4 Å². The second kappa shape index (κ2) is 9.99. The van der Waals surface area contributed by atoms with Crippen molar-refractivity contribution in [2.75, 3.05) is 12.3 Å². The number of hydrogen-bond acceptors (Lipinski definition) is 6. The summed E-state index contributed by atoms with van der Waals surface area (Å²) in [5.74, 6) is 0.575. The smallest absolute Gasteiger partial charge is 0.407 e. The van der Waals surface area contributed by atoms with Crippen molar-refractivity contribution in [3.8, 4) is 0 Å². The standard InChI is InChI=1S/C20H23N5O4S/c1-15-22-19(24-23-15)18(17-10-6-3-7-11-17)25-30(27,28)13-12-21-20(26)29-14-16-8-4-2-5-9-16/h2-11,18,25H,12-14H2,1H3,(H,21,26)(H,22,23,24)/t18-/m0/s1. The van der Waals surface area contributed by atoms with Gasteiger partial charge < -0.3 is 10.1 Å². The van der Waals surface area contributed by atoms with E-state index in [2.05, 4.69) is 25.2 Å². The first-order chi connectivity index (χ1) is 14.4. The van der Waals surface area contributed by atoms with Gasteiger partial charge in [-0.2, -0.15) is 9.82 Å². The lowest BCUT2D eigenvalue weighted by Crippen LogP contribution is -2.37. The first kappa shape index (κ1) is 21.5. The summed E-state index contributed by atoms with van der Waals surface area (Å²) in [6.07, 6.45) is -0.682. The zero-order valence-corrected chi connectivity index (χ0v) is 17.2. The van der Waals surface area contributed by atoms with Gasteiger partial charge in [-0.1, -0.05) is 60.7 Å². The third kappa shape index (κ3) is 6.39. The zero-order chi connectivity index (χ0) is 21.4. The minimum Gasteiger partial charge on any atom is -0.445 e. The van der Waals surface area contributed by atoms with Crippen LogP contribution in [0.3, 0.4) is 0 Å². The summed E-state index contributed by atoms with van der Waals surface area (Å²) in [6, 6.07) is 17.5. The summed E-state index contributed by atoms with van der Waals surface area (Å²) < 4.78 is 32.9. The summed E-state index contributed by atoms with van der Waals surface area (Å²) in [4.78, 5) is 16.0. The number of rotatable bonds is 9. The predicted octanol–water partition coefficient (Wildman–Crippen LogP) is 2.05. The molecule has 0 aliphatic rings. The molecule has 158 valence electrons. The molecule has 1 atom stereocenters. The number of amides is 1. The Labute approximate surface area is 174 Å². The van der Waals surface area contributed by atoms with Crippen LogP contribution < -0.4 is 10.0 Å². The van der Waals surface area contributed by atoms with Gasteiger partial charge in [0.15, 0.2) is 5.82 Å². The molecule has 3 aromatic rings. The van der Waals surface area contributed by atoms with Crippen molar-refractivity contribution in [2.24, 2.45) is 0 Å². The van der Waals surface area contributed by atoms with Crippen molar-refractivity contribution < 1.29 is 17.9 Å². The molecule has 0 aliphatic heterocycles. The third-order valence-electron chi connectivity index (χ3n) is 4.16. The van der Waals surface area contributed by atoms with Gasteiger partial charge in [0.2, 0.25) is 10.0 Å². The number of benzene rings is 2. The van der Waals surface area contributed by atoms with Gasteiger partial charge in [0.1, 0.15) is 18.5 Å². The van der Waals surface area contributed by atoms with E-state index in [1.807, 2.05) is 36.4 Å². The molecule has 10 heteroatoms. The fourth-order valence-electron chi connectivity index (χ4n) is 2.70. The van der Waals surface area contributed by atoms with E-state index in [4.69, 9.17) is 4.74 Å². The van der Waals surface area contributed by atoms with E-state index in [0.29, 0.717) is 17.2 Å². The maximum absolute atomic E-state index is 12.6. The molecule has 3 rings (SSSR count). The number of aromatic amines is 1. The molecule has 9 nitrogen and oxygen atoms in total. The molecule has 1 heterocycles. The Kier molecular flexibility index (Phi) is 7.15. The van der Waals surface area contributed by atoms with Gasteiger partial charge in [0, 0.05) is 6.54 Å². The lowest BCUT2D eigenvalue weighted by Gasteiger charge is -2.16. The zero-order valence-electron chi connectivity index (χ0n) is 16.4. The molecule has 0 aliphatic carbocycles. The maximum atomic E-state index is 12.6. The lowest BCUT2D eigenvalue weighted by atomic mass is 10.1. The molecule has 0 saturated carbocycles. The second-order valence-corrected chi connectivity index (χ2v) is 8.42. The number of aryl methyl sites for hydroxylation is 1. The molecule has 2 aromatic carbocycles. The minimum absolute atomic E-state index is 0.0997. The van der Waals surface area contributed by atoms with E-state index in [0.717, 1.165) is 5.56 Å². The van der Waals surface area contributed by atoms with Crippen LogP contribution in [0.2, 0.25) is 0 Å². The van der Waals surface area contributed by atoms with Crippen LogP contribution in [0.1, 0.15) is 28.8 Å². The molecule has 1 amide bonds. The highest BCUT2D eigenvalue weighted by Crippen LogP contribution is 2.19. The fraction of sp³-hybridized carbons (Fsp3) is 0.250. The molecule has 0 unspecified atom stereocenters. The monoisotopic (exact) mass is 429 g/mol. The van der Waals surface area contributed by atoms with Crippen LogP contribution >= 0.6 is 0 Å². The molecule has 3 N–H and O–H groups in total. The predicted molar refractivity (Wildman–Crippen MR) is 111 cm³/mol. The average Bonchev–Trinajstić information content (AvgIpc) is 3.18. The largest absolute Gasteiger partial charge is 0.445 e. The van der Waals surface area contributed by atoms with Crippen LogP contribution in [0, 0.1) is 6.92 Å². The van der Waals surface area contributed by atoms with Crippen LogP contribution in [0.25, 0.3) is 0 Å². The quantitative estimate of drug-likeness (QED) is 0.478. The maximum Gasteiger partial charge on any atom is 0.407 e. The third-order valence-corrected chi connectivity index (χ3v) is 5.49. The first-order valence-corrected chi connectivity index (χ1v) is 11.0. The lowest BCUT2D eigenvalue weighted by molar-refractivity contribution is 0.140. The van der Waals surface area contributed by atoms with Gasteiger partial charge in [0.25, 0.3) is 0 Å². The molecule has 0 radical (unpaired) electrons. The number of nitrogens with one attached hydrogen (secondary N) is 3. The van der Waals surface area contributed by atoms with Crippen molar-refractivity contribution in [1.29, 1.82) is 0 Å². The average molecular weight is 430 g/mol. The minimum atomic E-state index is -3.74. The normalized spacial score (nSPS) is 12.3. The Balaban J connectivity index is 1.55. The van der Waals surface area contributed by atoms with Gasteiger partial charge in [-0.3, -0.25) is 5.10 Å². The molecular formula is C20H23N5O4S. The number of nitrogens with zero attached hydrogens (tertiary/aromatic N) is 2. The van der Waals surface area contributed by atoms with Gasteiger partial charge in [-0.15, -0.1) is 0 Å². The first-order valence-electron chi connectivity index (χ1n) is 9.31. The van der Waals surface area contributed by atoms with E-state index in [1.54, 1.807) is 31.2 Å². The highest BCUT2D eigenvalue weighted by atomic mass is 32.2. The van der Waals surface area contributed by atoms with Crippen LogP contribution in [0.5, 0.6) is 0 Å². The highest BCUT2D eigenvalue weighted by Gasteiger charge is 2.24. The molecule has 0 spiro atoms. The van der Waals surface area contributed by atoms with Gasteiger partial charge in [-0.05, 0) is 18.1 Å². The summed E-state index contributed by atoms with van der Waals surface area (Å²) in [5.41, 5.74) is 1.55. The van der Waals surface area contributed by atoms with Crippen molar-refractivity contribution in [1.82, 2.24) is 25.2 Å². The van der Waals surface area contributed by atoms with E-state index in [1.165, 1.54) is 0 Å². The molecule has 1 aromatic heterocycles. The van der Waals surface area contributed by atoms with Gasteiger partial charge in [-0.25, -0.2) is 18.2 Å². The van der Waals surface area contributed by atoms with Crippen molar-refractivity contribution in [3.05, 3.63) is 83.4 Å². The number of H-pyrrole nitrogens is 1. The van der Waals surface area contributed by atoms with E-state index in [9.17, 15) is 13.2 Å². The van der Waals surface area contributed by atoms with Crippen LogP contribution in [0.4, 0.5) is 4.79 Å². The molecule has 30 heavy (non-hydrogen) atoms. The molecule has 0 saturated heterocycles.